The van der Waals surface area contributed by atoms with Crippen LogP contribution in [0.3, 0.4) is 0 Å². The van der Waals surface area contributed by atoms with E-state index in [1.165, 1.54) is 16.4 Å². The lowest BCUT2D eigenvalue weighted by atomic mass is 10.4. The third kappa shape index (κ3) is 0.978. The van der Waals surface area contributed by atoms with Crippen molar-refractivity contribution in [1.29, 1.82) is 0 Å². The number of hydrogen-bond donors (Lipinski definition) is 0. The van der Waals surface area contributed by atoms with Crippen LogP contribution < -0.4 is 0 Å². The molecule has 0 aliphatic rings. The number of hydrogen-bond acceptors (Lipinski definition) is 3. The molecule has 0 aliphatic carbocycles. The van der Waals surface area contributed by atoms with Gasteiger partial charge in [-0.25, -0.2) is 0 Å². The predicted octanol–water partition coefficient (Wildman–Crippen LogP) is 2.87. The van der Waals surface area contributed by atoms with Crippen molar-refractivity contribution >= 4 is 22.9 Å². The predicted molar refractivity (Wildman–Crippen MR) is 45.4 cm³/mol. The van der Waals surface area contributed by atoms with E-state index in [1.807, 2.05) is 17.5 Å². The monoisotopic (exact) mass is 167 g/mol. The van der Waals surface area contributed by atoms with E-state index in [0.717, 1.165) is 5.69 Å². The Labute approximate surface area is 67.1 Å². The fourth-order valence-electron chi connectivity index (χ4n) is 0.764. The molecule has 2 heterocycles. The van der Waals surface area contributed by atoms with Gasteiger partial charge in [0.1, 0.15) is 0 Å². The molecule has 3 heteroatoms. The third-order valence-corrected chi connectivity index (χ3v) is 2.66. The van der Waals surface area contributed by atoms with Gasteiger partial charge in [-0.2, -0.15) is 4.37 Å². The Kier molecular flexibility index (Phi) is 1.53. The van der Waals surface area contributed by atoms with E-state index in [9.17, 15) is 0 Å². The summed E-state index contributed by atoms with van der Waals surface area (Å²) >= 11 is 3.22. The van der Waals surface area contributed by atoms with Crippen molar-refractivity contribution in [2.45, 2.75) is 0 Å². The van der Waals surface area contributed by atoms with Gasteiger partial charge in [0, 0.05) is 5.38 Å². The molecule has 10 heavy (non-hydrogen) atoms. The van der Waals surface area contributed by atoms with Gasteiger partial charge in [-0.15, -0.1) is 11.3 Å². The smallest absolute Gasteiger partial charge is 0.0940 e. The first-order valence-electron chi connectivity index (χ1n) is 2.91. The zero-order chi connectivity index (χ0) is 6.81. The molecule has 0 amide bonds. The van der Waals surface area contributed by atoms with Crippen LogP contribution in [-0.2, 0) is 0 Å². The second-order valence-electron chi connectivity index (χ2n) is 1.86. The van der Waals surface area contributed by atoms with Gasteiger partial charge < -0.3 is 0 Å². The van der Waals surface area contributed by atoms with Gasteiger partial charge in [0.2, 0.25) is 0 Å². The molecule has 0 saturated carbocycles. The second kappa shape index (κ2) is 2.52. The summed E-state index contributed by atoms with van der Waals surface area (Å²) in [6.07, 6.45) is 0. The Hall–Kier alpha value is -0.670. The molecule has 0 radical (unpaired) electrons. The van der Waals surface area contributed by atoms with E-state index in [2.05, 4.69) is 15.8 Å². The minimum absolute atomic E-state index is 1.10. The highest BCUT2D eigenvalue weighted by Crippen LogP contribution is 2.23. The van der Waals surface area contributed by atoms with E-state index in [0.29, 0.717) is 0 Å². The second-order valence-corrected chi connectivity index (χ2v) is 3.48. The van der Waals surface area contributed by atoms with Crippen LogP contribution >= 0.6 is 22.9 Å². The molecule has 0 aromatic carbocycles. The fraction of sp³-hybridized carbons (Fsp3) is 0. The first-order valence-corrected chi connectivity index (χ1v) is 4.63. The van der Waals surface area contributed by atoms with E-state index in [1.54, 1.807) is 11.3 Å². The quantitative estimate of drug-likeness (QED) is 0.636. The zero-order valence-electron chi connectivity index (χ0n) is 5.15. The molecule has 50 valence electrons. The number of thiophene rings is 1. The van der Waals surface area contributed by atoms with Gasteiger partial charge in [0.05, 0.1) is 10.6 Å². The lowest BCUT2D eigenvalue weighted by molar-refractivity contribution is 1.58. The molecule has 2 rings (SSSR count). The SMILES string of the molecule is c1csc(-c2ccsn2)c1. The number of rotatable bonds is 1. The molecule has 0 unspecified atom stereocenters. The van der Waals surface area contributed by atoms with Crippen LogP contribution in [0.25, 0.3) is 10.6 Å². The maximum absolute atomic E-state index is 4.21. The summed E-state index contributed by atoms with van der Waals surface area (Å²) in [7, 11) is 0. The van der Waals surface area contributed by atoms with Gasteiger partial charge in [0.25, 0.3) is 0 Å². The van der Waals surface area contributed by atoms with E-state index in [-0.39, 0.29) is 0 Å². The minimum Gasteiger partial charge on any atom is -0.192 e. The van der Waals surface area contributed by atoms with Crippen LogP contribution in [-0.4, -0.2) is 4.37 Å². The van der Waals surface area contributed by atoms with Crippen LogP contribution in [0.1, 0.15) is 0 Å². The highest BCUT2D eigenvalue weighted by atomic mass is 32.1. The largest absolute Gasteiger partial charge is 0.192 e. The third-order valence-electron chi connectivity index (χ3n) is 1.21. The summed E-state index contributed by atoms with van der Waals surface area (Å²) in [5, 5.41) is 4.06. The molecular weight excluding hydrogens is 162 g/mol. The lowest BCUT2D eigenvalue weighted by Gasteiger charge is -1.83. The average molecular weight is 167 g/mol. The first kappa shape index (κ1) is 6.07. The maximum Gasteiger partial charge on any atom is 0.0940 e. The van der Waals surface area contributed by atoms with Gasteiger partial charge >= 0.3 is 0 Å². The van der Waals surface area contributed by atoms with E-state index in [4.69, 9.17) is 0 Å². The van der Waals surface area contributed by atoms with Crippen molar-refractivity contribution in [3.63, 3.8) is 0 Å². The molecule has 1 nitrogen and oxygen atoms in total. The van der Waals surface area contributed by atoms with Crippen LogP contribution in [0.5, 0.6) is 0 Å². The highest BCUT2D eigenvalue weighted by molar-refractivity contribution is 7.13. The van der Waals surface area contributed by atoms with E-state index >= 15 is 0 Å². The summed E-state index contributed by atoms with van der Waals surface area (Å²) in [6.45, 7) is 0. The Balaban J connectivity index is 2.48. The minimum atomic E-state index is 1.10. The topological polar surface area (TPSA) is 12.9 Å². The zero-order valence-corrected chi connectivity index (χ0v) is 6.78. The Bertz CT molecular complexity index is 251. The molecule has 0 N–H and O–H groups in total. The molecule has 0 fully saturated rings. The Morgan fingerprint density at radius 2 is 2.20 bits per heavy atom. The van der Waals surface area contributed by atoms with Gasteiger partial charge in [-0.1, -0.05) is 6.07 Å². The Morgan fingerprint density at radius 3 is 2.80 bits per heavy atom. The molecule has 0 atom stereocenters. The highest BCUT2D eigenvalue weighted by Gasteiger charge is 1.97. The van der Waals surface area contributed by atoms with Gasteiger partial charge in [-0.3, -0.25) is 0 Å². The number of nitrogens with zero attached hydrogens (tertiary/aromatic N) is 1. The van der Waals surface area contributed by atoms with Crippen LogP contribution in [0.2, 0.25) is 0 Å². The molecule has 0 bridgehead atoms. The molecular formula is C7H5NS2. The summed E-state index contributed by atoms with van der Waals surface area (Å²) in [5.74, 6) is 0. The van der Waals surface area contributed by atoms with Gasteiger partial charge in [-0.05, 0) is 29.0 Å². The maximum atomic E-state index is 4.21. The van der Waals surface area contributed by atoms with Crippen LogP contribution in [0.4, 0.5) is 0 Å². The van der Waals surface area contributed by atoms with Crippen molar-refractivity contribution in [2.24, 2.45) is 0 Å². The standard InChI is InChI=1S/C7H5NS2/c1-2-7(9-4-1)6-3-5-10-8-6/h1-5H. The summed E-state index contributed by atoms with van der Waals surface area (Å²) < 4.78 is 4.21. The van der Waals surface area contributed by atoms with Crippen molar-refractivity contribution in [3.8, 4) is 10.6 Å². The fourth-order valence-corrected chi connectivity index (χ4v) is 2.04. The molecule has 2 aromatic heterocycles. The van der Waals surface area contributed by atoms with Crippen molar-refractivity contribution in [2.75, 3.05) is 0 Å². The number of aromatic nitrogens is 1. The van der Waals surface area contributed by atoms with Crippen molar-refractivity contribution in [3.05, 3.63) is 29.0 Å². The lowest BCUT2D eigenvalue weighted by Crippen LogP contribution is -1.64. The first-order chi connectivity index (χ1) is 4.97. The normalized spacial score (nSPS) is 10.0. The van der Waals surface area contributed by atoms with Crippen LogP contribution in [0, 0.1) is 0 Å². The molecule has 0 spiro atoms. The molecule has 0 saturated heterocycles. The van der Waals surface area contributed by atoms with Gasteiger partial charge in [0.15, 0.2) is 0 Å². The van der Waals surface area contributed by atoms with Crippen molar-refractivity contribution in [1.82, 2.24) is 4.37 Å². The average Bonchev–Trinajstić information content (AvgIpc) is 2.59. The summed E-state index contributed by atoms with van der Waals surface area (Å²) in [4.78, 5) is 1.25. The molecule has 0 aliphatic heterocycles. The molecule has 2 aromatic rings. The van der Waals surface area contributed by atoms with Crippen LogP contribution in [0.15, 0.2) is 29.0 Å². The van der Waals surface area contributed by atoms with Crippen molar-refractivity contribution < 1.29 is 0 Å². The Morgan fingerprint density at radius 1 is 1.20 bits per heavy atom. The summed E-state index contributed by atoms with van der Waals surface area (Å²) in [5.41, 5.74) is 1.10. The summed E-state index contributed by atoms with van der Waals surface area (Å²) in [6, 6.07) is 6.16. The van der Waals surface area contributed by atoms with E-state index < -0.39 is 0 Å².